The van der Waals surface area contributed by atoms with Gasteiger partial charge in [-0.2, -0.15) is 0 Å². The van der Waals surface area contributed by atoms with Crippen molar-refractivity contribution in [3.05, 3.63) is 12.2 Å². The third-order valence-electron chi connectivity index (χ3n) is 12.4. The van der Waals surface area contributed by atoms with E-state index in [9.17, 15) is 39.8 Å². The summed E-state index contributed by atoms with van der Waals surface area (Å²) in [4.78, 5) is 23.2. The number of hydrogen-bond acceptors (Lipinski definition) is 11. The van der Waals surface area contributed by atoms with Crippen LogP contribution in [0.4, 0.5) is 0 Å². The summed E-state index contributed by atoms with van der Waals surface area (Å²) in [6.45, 7) is 4.30. The Morgan fingerprint density at radius 2 is 0.841 bits per heavy atom. The van der Waals surface area contributed by atoms with Crippen LogP contribution in [0, 0.1) is 0 Å². The summed E-state index contributed by atoms with van der Waals surface area (Å²) in [5, 5.41) is 50.3. The van der Waals surface area contributed by atoms with Gasteiger partial charge in [0.15, 0.2) is 0 Å². The first-order valence-electron chi connectivity index (χ1n) is 26.0. The zero-order valence-corrected chi connectivity index (χ0v) is 41.0. The van der Waals surface area contributed by atoms with Gasteiger partial charge in [-0.15, -0.1) is 0 Å². The van der Waals surface area contributed by atoms with Gasteiger partial charge in [0.25, 0.3) is 0 Å². The van der Waals surface area contributed by atoms with Crippen LogP contribution >= 0.6 is 7.82 Å². The number of aliphatic hydroxyl groups is 5. The summed E-state index contributed by atoms with van der Waals surface area (Å²) in [6.07, 6.45) is 34.2. The molecule has 1 aliphatic carbocycles. The molecule has 1 rings (SSSR count). The molecule has 63 heavy (non-hydrogen) atoms. The number of carbonyl (C=O) groups is 1. The second-order valence-corrected chi connectivity index (χ2v) is 19.8. The van der Waals surface area contributed by atoms with E-state index in [1.54, 1.807) is 0 Å². The van der Waals surface area contributed by atoms with E-state index in [-0.39, 0.29) is 13.0 Å². The number of phosphoric acid groups is 1. The number of allylic oxidation sites excluding steroid dienone is 2. The Kier molecular flexibility index (Phi) is 39.4. The lowest BCUT2D eigenvalue weighted by Crippen LogP contribution is -2.64. The molecule has 0 aromatic rings. The van der Waals surface area contributed by atoms with E-state index in [1.807, 2.05) is 0 Å². The van der Waals surface area contributed by atoms with Crippen molar-refractivity contribution in [3.63, 3.8) is 0 Å². The molecule has 12 nitrogen and oxygen atoms in total. The Morgan fingerprint density at radius 1 is 0.492 bits per heavy atom. The molecular formula is C50H97O12P. The van der Waals surface area contributed by atoms with E-state index >= 15 is 0 Å². The Morgan fingerprint density at radius 3 is 1.25 bits per heavy atom. The van der Waals surface area contributed by atoms with Gasteiger partial charge in [-0.3, -0.25) is 13.8 Å². The molecule has 6 atom stereocenters. The minimum absolute atomic E-state index is 0.0721. The zero-order chi connectivity index (χ0) is 46.2. The molecule has 0 spiro atoms. The van der Waals surface area contributed by atoms with Crippen molar-refractivity contribution in [2.75, 3.05) is 19.8 Å². The Hall–Kier alpha value is -0.920. The molecule has 13 heteroatoms. The molecule has 6 unspecified atom stereocenters. The van der Waals surface area contributed by atoms with Gasteiger partial charge in [-0.25, -0.2) is 4.57 Å². The van der Waals surface area contributed by atoms with Crippen LogP contribution in [0.15, 0.2) is 12.2 Å². The molecule has 0 aromatic carbocycles. The summed E-state index contributed by atoms with van der Waals surface area (Å²) in [5.41, 5.74) is 0. The van der Waals surface area contributed by atoms with E-state index in [2.05, 4.69) is 26.0 Å². The lowest BCUT2D eigenvalue weighted by molar-refractivity contribution is -0.220. The highest BCUT2D eigenvalue weighted by molar-refractivity contribution is 7.47. The summed E-state index contributed by atoms with van der Waals surface area (Å²) in [6, 6.07) is 0. The summed E-state index contributed by atoms with van der Waals surface area (Å²) >= 11 is 0. The monoisotopic (exact) mass is 921 g/mol. The number of carbonyl (C=O) groups excluding carboxylic acids is 1. The van der Waals surface area contributed by atoms with E-state index < -0.39 is 63.1 Å². The number of esters is 1. The van der Waals surface area contributed by atoms with Crippen LogP contribution in [-0.2, 0) is 27.9 Å². The van der Waals surface area contributed by atoms with E-state index in [0.29, 0.717) is 13.0 Å². The fourth-order valence-electron chi connectivity index (χ4n) is 8.23. The quantitative estimate of drug-likeness (QED) is 0.0147. The number of ether oxygens (including phenoxy) is 2. The lowest BCUT2D eigenvalue weighted by atomic mass is 9.85. The number of rotatable bonds is 45. The molecule has 0 heterocycles. The fraction of sp³-hybridized carbons (Fsp3) is 0.940. The number of unbranched alkanes of at least 4 members (excludes halogenated alkanes) is 31. The largest absolute Gasteiger partial charge is 0.472 e. The van der Waals surface area contributed by atoms with Crippen LogP contribution in [0.25, 0.3) is 0 Å². The Balaban J connectivity index is 2.33. The number of phosphoric ester groups is 1. The topological polar surface area (TPSA) is 192 Å². The van der Waals surface area contributed by atoms with E-state index in [4.69, 9.17) is 18.5 Å². The van der Waals surface area contributed by atoms with Gasteiger partial charge >= 0.3 is 13.8 Å². The first kappa shape index (κ1) is 60.1. The molecule has 0 radical (unpaired) electrons. The molecule has 6 N–H and O–H groups in total. The Bertz CT molecular complexity index is 1100. The molecule has 1 aliphatic rings. The smallest absolute Gasteiger partial charge is 0.457 e. The highest BCUT2D eigenvalue weighted by Crippen LogP contribution is 2.47. The van der Waals surface area contributed by atoms with Gasteiger partial charge in [-0.05, 0) is 38.5 Å². The van der Waals surface area contributed by atoms with Crippen molar-refractivity contribution in [3.8, 4) is 0 Å². The fourth-order valence-corrected chi connectivity index (χ4v) is 9.21. The third-order valence-corrected chi connectivity index (χ3v) is 13.4. The maximum absolute atomic E-state index is 12.8. The van der Waals surface area contributed by atoms with Crippen molar-refractivity contribution in [1.29, 1.82) is 0 Å². The molecule has 0 amide bonds. The molecule has 0 aliphatic heterocycles. The normalized spacial score (nSPS) is 21.8. The number of aliphatic hydroxyl groups excluding tert-OH is 5. The molecule has 0 saturated heterocycles. The highest BCUT2D eigenvalue weighted by atomic mass is 31.2. The van der Waals surface area contributed by atoms with Crippen molar-refractivity contribution in [2.24, 2.45) is 0 Å². The SMILES string of the molecule is CCCCCCCCC/C=C\CCCCCCCCCC(=O)OC(COCCCCCCCCCCCCCCCCCCCC)COP(=O)(O)OC1C(O)C(O)C(O)C(O)C1O. The predicted molar refractivity (Wildman–Crippen MR) is 253 cm³/mol. The van der Waals surface area contributed by atoms with Gasteiger partial charge in [0.1, 0.15) is 42.7 Å². The third kappa shape index (κ3) is 33.2. The molecule has 0 bridgehead atoms. The van der Waals surface area contributed by atoms with Gasteiger partial charge in [0.2, 0.25) is 0 Å². The van der Waals surface area contributed by atoms with Crippen molar-refractivity contribution >= 4 is 13.8 Å². The molecule has 374 valence electrons. The second-order valence-electron chi connectivity index (χ2n) is 18.4. The first-order valence-corrected chi connectivity index (χ1v) is 27.5. The maximum atomic E-state index is 12.8. The summed E-state index contributed by atoms with van der Waals surface area (Å²) in [5.74, 6) is -0.476. The van der Waals surface area contributed by atoms with Gasteiger partial charge in [0.05, 0.1) is 13.2 Å². The molecule has 0 aromatic heterocycles. The highest BCUT2D eigenvalue weighted by Gasteiger charge is 2.51. The summed E-state index contributed by atoms with van der Waals surface area (Å²) in [7, 11) is -5.02. The van der Waals surface area contributed by atoms with Crippen LogP contribution < -0.4 is 0 Å². The van der Waals surface area contributed by atoms with Gasteiger partial charge in [0, 0.05) is 13.0 Å². The minimum Gasteiger partial charge on any atom is -0.457 e. The van der Waals surface area contributed by atoms with Crippen LogP contribution in [-0.4, -0.2) is 98.9 Å². The average molecular weight is 921 g/mol. The van der Waals surface area contributed by atoms with Crippen molar-refractivity contribution in [1.82, 2.24) is 0 Å². The summed E-state index contributed by atoms with van der Waals surface area (Å²) < 4.78 is 34.3. The van der Waals surface area contributed by atoms with Crippen molar-refractivity contribution < 1.29 is 58.3 Å². The second kappa shape index (κ2) is 41.3. The first-order chi connectivity index (χ1) is 30.5. The molecular weight excluding hydrogens is 824 g/mol. The van der Waals surface area contributed by atoms with Gasteiger partial charge in [-0.1, -0.05) is 206 Å². The molecule has 1 saturated carbocycles. The molecule has 1 fully saturated rings. The zero-order valence-electron chi connectivity index (χ0n) is 40.1. The maximum Gasteiger partial charge on any atom is 0.472 e. The van der Waals surface area contributed by atoms with E-state index in [0.717, 1.165) is 44.9 Å². The van der Waals surface area contributed by atoms with Crippen LogP contribution in [0.1, 0.15) is 239 Å². The van der Waals surface area contributed by atoms with Crippen LogP contribution in [0.3, 0.4) is 0 Å². The van der Waals surface area contributed by atoms with E-state index in [1.165, 1.54) is 167 Å². The van der Waals surface area contributed by atoms with Crippen LogP contribution in [0.5, 0.6) is 0 Å². The Labute approximate surface area is 384 Å². The average Bonchev–Trinajstić information content (AvgIpc) is 3.27. The van der Waals surface area contributed by atoms with Crippen LogP contribution in [0.2, 0.25) is 0 Å². The number of hydrogen-bond donors (Lipinski definition) is 6. The van der Waals surface area contributed by atoms with Crippen molar-refractivity contribution in [2.45, 2.75) is 281 Å². The minimum atomic E-state index is -5.02. The standard InChI is InChI=1S/C50H97O12P/c1-3-5-7-9-11-13-15-17-19-21-23-25-27-29-31-33-35-37-39-44(51)61-43(42-60-63(57,58)62-50-48(55)46(53)45(52)47(54)49(50)56)41-59-40-38-36-34-32-30-28-26-24-22-20-18-16-14-12-10-8-6-4-2/h19,21,43,45-50,52-56H,3-18,20,22-42H2,1-2H3,(H,57,58)/b21-19-. The predicted octanol–water partition coefficient (Wildman–Crippen LogP) is 11.5. The van der Waals surface area contributed by atoms with Gasteiger partial charge < -0.3 is 39.9 Å². The lowest BCUT2D eigenvalue weighted by Gasteiger charge is -2.41.